The van der Waals surface area contributed by atoms with Crippen LogP contribution in [0.5, 0.6) is 0 Å². The molecule has 7 nitrogen and oxygen atoms in total. The maximum Gasteiger partial charge on any atom is 0.409 e. The lowest BCUT2D eigenvalue weighted by Crippen LogP contribution is -2.49. The summed E-state index contributed by atoms with van der Waals surface area (Å²) in [6.07, 6.45) is 1.43. The number of fused-ring (bicyclic) bond motifs is 1. The minimum absolute atomic E-state index is 0.163. The van der Waals surface area contributed by atoms with Gasteiger partial charge in [-0.1, -0.05) is 0 Å². The molecule has 0 saturated carbocycles. The van der Waals surface area contributed by atoms with Crippen LogP contribution in [0.25, 0.3) is 11.0 Å². The molecule has 3 rings (SSSR count). The van der Waals surface area contributed by atoms with Crippen LogP contribution in [0.4, 0.5) is 10.5 Å². The number of piperazine rings is 1. The molecule has 1 aliphatic rings. The zero-order chi connectivity index (χ0) is 15.5. The van der Waals surface area contributed by atoms with Crippen LogP contribution in [0.3, 0.4) is 0 Å². The first kappa shape index (κ1) is 14.4. The number of nitrogens with zero attached hydrogens (tertiary/aromatic N) is 3. The number of anilines is 1. The Balaban J connectivity index is 1.79. The molecule has 0 unspecified atom stereocenters. The summed E-state index contributed by atoms with van der Waals surface area (Å²) in [6, 6.07) is 5.22. The summed E-state index contributed by atoms with van der Waals surface area (Å²) in [5.41, 5.74) is 1.44. The number of rotatable bonds is 2. The van der Waals surface area contributed by atoms with Crippen LogP contribution < -0.4 is 10.5 Å². The van der Waals surface area contributed by atoms with Crippen molar-refractivity contribution in [3.05, 3.63) is 34.7 Å². The number of ether oxygens (including phenoxy) is 1. The second kappa shape index (κ2) is 6.05. The molecule has 1 fully saturated rings. The third kappa shape index (κ3) is 2.74. The van der Waals surface area contributed by atoms with Crippen LogP contribution in [0.15, 0.2) is 29.2 Å². The SMILES string of the molecule is CCOC(=O)N1CCN(c2ccnc3[nH]c(=O)ccc23)CC1. The molecule has 1 aliphatic heterocycles. The molecule has 0 aliphatic carbocycles. The Labute approximate surface area is 127 Å². The minimum Gasteiger partial charge on any atom is -0.450 e. The van der Waals surface area contributed by atoms with Gasteiger partial charge in [-0.25, -0.2) is 9.78 Å². The molecule has 22 heavy (non-hydrogen) atoms. The monoisotopic (exact) mass is 302 g/mol. The molecule has 0 bridgehead atoms. The Morgan fingerprint density at radius 1 is 1.27 bits per heavy atom. The maximum absolute atomic E-state index is 11.7. The van der Waals surface area contributed by atoms with Gasteiger partial charge in [0.2, 0.25) is 5.56 Å². The van der Waals surface area contributed by atoms with Gasteiger partial charge in [0.1, 0.15) is 5.65 Å². The summed E-state index contributed by atoms with van der Waals surface area (Å²) in [7, 11) is 0. The fraction of sp³-hybridized carbons (Fsp3) is 0.400. The third-order valence-corrected chi connectivity index (χ3v) is 3.76. The van der Waals surface area contributed by atoms with E-state index in [0.29, 0.717) is 25.3 Å². The first-order chi connectivity index (χ1) is 10.7. The quantitative estimate of drug-likeness (QED) is 0.902. The highest BCUT2D eigenvalue weighted by atomic mass is 16.6. The molecule has 0 spiro atoms. The van der Waals surface area contributed by atoms with Gasteiger partial charge in [0.25, 0.3) is 0 Å². The molecule has 1 saturated heterocycles. The van der Waals surface area contributed by atoms with Crippen molar-refractivity contribution in [3.63, 3.8) is 0 Å². The van der Waals surface area contributed by atoms with Gasteiger partial charge in [-0.2, -0.15) is 0 Å². The van der Waals surface area contributed by atoms with Crippen molar-refractivity contribution >= 4 is 22.8 Å². The van der Waals surface area contributed by atoms with Crippen molar-refractivity contribution in [1.82, 2.24) is 14.9 Å². The van der Waals surface area contributed by atoms with Gasteiger partial charge in [0.15, 0.2) is 0 Å². The van der Waals surface area contributed by atoms with Gasteiger partial charge >= 0.3 is 6.09 Å². The first-order valence-corrected chi connectivity index (χ1v) is 7.33. The number of nitrogens with one attached hydrogen (secondary N) is 1. The third-order valence-electron chi connectivity index (χ3n) is 3.76. The van der Waals surface area contributed by atoms with E-state index in [1.807, 2.05) is 6.07 Å². The van der Waals surface area contributed by atoms with Gasteiger partial charge in [-0.05, 0) is 19.1 Å². The number of hydrogen-bond acceptors (Lipinski definition) is 5. The fourth-order valence-corrected chi connectivity index (χ4v) is 2.66. The highest BCUT2D eigenvalue weighted by Crippen LogP contribution is 2.24. The molecule has 1 amide bonds. The van der Waals surface area contributed by atoms with Crippen molar-refractivity contribution in [1.29, 1.82) is 0 Å². The second-order valence-electron chi connectivity index (χ2n) is 5.09. The molecule has 116 valence electrons. The average Bonchev–Trinajstić information content (AvgIpc) is 2.54. The molecular weight excluding hydrogens is 284 g/mol. The van der Waals surface area contributed by atoms with Crippen LogP contribution in [-0.4, -0.2) is 53.7 Å². The molecule has 0 radical (unpaired) electrons. The number of aromatic amines is 1. The lowest BCUT2D eigenvalue weighted by Gasteiger charge is -2.35. The van der Waals surface area contributed by atoms with E-state index in [1.165, 1.54) is 6.07 Å². The predicted molar refractivity (Wildman–Crippen MR) is 83.2 cm³/mol. The summed E-state index contributed by atoms with van der Waals surface area (Å²) in [4.78, 5) is 33.9. The number of carbonyl (C=O) groups is 1. The number of carbonyl (C=O) groups excluding carboxylic acids is 1. The average molecular weight is 302 g/mol. The van der Waals surface area contributed by atoms with Crippen LogP contribution in [0.2, 0.25) is 0 Å². The molecule has 2 aromatic rings. The zero-order valence-electron chi connectivity index (χ0n) is 12.4. The highest BCUT2D eigenvalue weighted by molar-refractivity contribution is 5.89. The van der Waals surface area contributed by atoms with Gasteiger partial charge < -0.3 is 19.5 Å². The Morgan fingerprint density at radius 3 is 2.77 bits per heavy atom. The molecule has 0 atom stereocenters. The first-order valence-electron chi connectivity index (χ1n) is 7.33. The molecule has 1 N–H and O–H groups in total. The molecule has 2 aromatic heterocycles. The van der Waals surface area contributed by atoms with Gasteiger partial charge in [-0.15, -0.1) is 0 Å². The molecule has 0 aromatic carbocycles. The van der Waals surface area contributed by atoms with E-state index in [4.69, 9.17) is 4.74 Å². The summed E-state index contributed by atoms with van der Waals surface area (Å²) in [5, 5.41) is 0.909. The van der Waals surface area contributed by atoms with E-state index in [9.17, 15) is 9.59 Å². The van der Waals surface area contributed by atoms with E-state index in [-0.39, 0.29) is 11.7 Å². The normalized spacial score (nSPS) is 15.1. The summed E-state index contributed by atoms with van der Waals surface area (Å²) >= 11 is 0. The second-order valence-corrected chi connectivity index (χ2v) is 5.09. The topological polar surface area (TPSA) is 78.5 Å². The largest absolute Gasteiger partial charge is 0.450 e. The molecule has 7 heteroatoms. The lowest BCUT2D eigenvalue weighted by molar-refractivity contribution is 0.105. The number of H-pyrrole nitrogens is 1. The molecular formula is C15H18N4O3. The van der Waals surface area contributed by atoms with Crippen molar-refractivity contribution in [3.8, 4) is 0 Å². The number of aromatic nitrogens is 2. The van der Waals surface area contributed by atoms with E-state index in [0.717, 1.165) is 24.2 Å². The van der Waals surface area contributed by atoms with Gasteiger partial charge in [-0.3, -0.25) is 4.79 Å². The number of pyridine rings is 2. The number of hydrogen-bond donors (Lipinski definition) is 1. The van der Waals surface area contributed by atoms with E-state index in [2.05, 4.69) is 14.9 Å². The Morgan fingerprint density at radius 2 is 2.05 bits per heavy atom. The minimum atomic E-state index is -0.258. The Kier molecular flexibility index (Phi) is 3.95. The number of amides is 1. The van der Waals surface area contributed by atoms with Gasteiger partial charge in [0.05, 0.1) is 6.61 Å². The van der Waals surface area contributed by atoms with Crippen molar-refractivity contribution in [2.24, 2.45) is 0 Å². The standard InChI is InChI=1S/C15H18N4O3/c1-2-22-15(21)19-9-7-18(8-10-19)12-5-6-16-14-11(12)3-4-13(20)17-14/h3-6H,2,7-10H2,1H3,(H,16,17,20). The van der Waals surface area contributed by atoms with Crippen LogP contribution in [0.1, 0.15) is 6.92 Å². The van der Waals surface area contributed by atoms with Crippen LogP contribution >= 0.6 is 0 Å². The van der Waals surface area contributed by atoms with Crippen molar-refractivity contribution in [2.45, 2.75) is 6.92 Å². The van der Waals surface area contributed by atoms with Crippen molar-refractivity contribution in [2.75, 3.05) is 37.7 Å². The summed E-state index contributed by atoms with van der Waals surface area (Å²) in [5.74, 6) is 0. The van der Waals surface area contributed by atoms with Crippen LogP contribution in [0, 0.1) is 0 Å². The van der Waals surface area contributed by atoms with E-state index >= 15 is 0 Å². The summed E-state index contributed by atoms with van der Waals surface area (Å²) < 4.78 is 5.02. The predicted octanol–water partition coefficient (Wildman–Crippen LogP) is 1.20. The maximum atomic E-state index is 11.7. The Hall–Kier alpha value is -2.57. The van der Waals surface area contributed by atoms with E-state index in [1.54, 1.807) is 24.1 Å². The molecule has 3 heterocycles. The smallest absolute Gasteiger partial charge is 0.409 e. The summed E-state index contributed by atoms with van der Waals surface area (Å²) in [6.45, 7) is 4.87. The highest BCUT2D eigenvalue weighted by Gasteiger charge is 2.23. The lowest BCUT2D eigenvalue weighted by atomic mass is 10.2. The fourth-order valence-electron chi connectivity index (χ4n) is 2.66. The van der Waals surface area contributed by atoms with Gasteiger partial charge in [0, 0.05) is 49.5 Å². The van der Waals surface area contributed by atoms with E-state index < -0.39 is 0 Å². The van der Waals surface area contributed by atoms with Crippen LogP contribution in [-0.2, 0) is 4.74 Å². The van der Waals surface area contributed by atoms with Crippen molar-refractivity contribution < 1.29 is 9.53 Å². The Bertz CT molecular complexity index is 735. The zero-order valence-corrected chi connectivity index (χ0v) is 12.4.